The summed E-state index contributed by atoms with van der Waals surface area (Å²) in [6.45, 7) is 0.318. The summed E-state index contributed by atoms with van der Waals surface area (Å²) >= 11 is 0. The van der Waals surface area contributed by atoms with Crippen LogP contribution < -0.4 is 5.32 Å². The lowest BCUT2D eigenvalue weighted by Crippen LogP contribution is -2.22. The smallest absolute Gasteiger partial charge is 0.107 e. The summed E-state index contributed by atoms with van der Waals surface area (Å²) in [7, 11) is 1.86. The molecule has 1 aromatic rings. The highest BCUT2D eigenvalue weighted by Crippen LogP contribution is 2.17. The number of nitrogens with one attached hydrogen (secondary N) is 1. The molecule has 1 rings (SSSR count). The van der Waals surface area contributed by atoms with Gasteiger partial charge in [-0.05, 0) is 18.2 Å². The van der Waals surface area contributed by atoms with E-state index < -0.39 is 18.8 Å². The summed E-state index contributed by atoms with van der Waals surface area (Å²) in [5.41, 5.74) is 1.71. The molecule has 0 saturated heterocycles. The molecule has 0 aromatic heterocycles. The fourth-order valence-corrected chi connectivity index (χ4v) is 1.36. The van der Waals surface area contributed by atoms with Crippen LogP contribution in [0.5, 0.6) is 0 Å². The van der Waals surface area contributed by atoms with Gasteiger partial charge >= 0.3 is 0 Å². The van der Waals surface area contributed by atoms with Gasteiger partial charge in [-0.15, -0.1) is 0 Å². The number of aliphatic hydroxyl groups excluding tert-OH is 3. The van der Waals surface area contributed by atoms with E-state index in [0.717, 1.165) is 12.1 Å². The van der Waals surface area contributed by atoms with Crippen molar-refractivity contribution >= 4 is 0 Å². The number of benzene rings is 1. The molecule has 4 nitrogen and oxygen atoms in total. The van der Waals surface area contributed by atoms with Gasteiger partial charge in [-0.1, -0.05) is 24.3 Å². The van der Waals surface area contributed by atoms with Crippen molar-refractivity contribution in [3.05, 3.63) is 35.4 Å². The Kier molecular flexibility index (Phi) is 4.71. The molecular weight excluding hydrogens is 194 g/mol. The van der Waals surface area contributed by atoms with Crippen LogP contribution in [0.25, 0.3) is 0 Å². The molecule has 4 heteroatoms. The summed E-state index contributed by atoms with van der Waals surface area (Å²) in [6, 6.07) is 7.24. The Hall–Kier alpha value is -0.940. The minimum Gasteiger partial charge on any atom is -0.394 e. The van der Waals surface area contributed by atoms with Crippen LogP contribution in [0.1, 0.15) is 17.2 Å². The van der Waals surface area contributed by atoms with Gasteiger partial charge in [0.1, 0.15) is 12.2 Å². The highest BCUT2D eigenvalue weighted by molar-refractivity contribution is 5.24. The van der Waals surface area contributed by atoms with Gasteiger partial charge in [-0.3, -0.25) is 0 Å². The van der Waals surface area contributed by atoms with Crippen LogP contribution in [-0.4, -0.2) is 35.1 Å². The lowest BCUT2D eigenvalue weighted by atomic mass is 10.0. The summed E-state index contributed by atoms with van der Waals surface area (Å²) in [6.07, 6.45) is -2.15. The summed E-state index contributed by atoms with van der Waals surface area (Å²) < 4.78 is 0. The largest absolute Gasteiger partial charge is 0.394 e. The molecule has 15 heavy (non-hydrogen) atoms. The van der Waals surface area contributed by atoms with Crippen LogP contribution in [0, 0.1) is 0 Å². The van der Waals surface area contributed by atoms with Crippen molar-refractivity contribution in [3.8, 4) is 0 Å². The average Bonchev–Trinajstić information content (AvgIpc) is 2.28. The number of rotatable bonds is 5. The van der Waals surface area contributed by atoms with Crippen LogP contribution >= 0.6 is 0 Å². The standard InChI is InChI=1S/C11H17NO3/c1-12-6-8-2-4-9(5-3-8)11(15)10(14)7-13/h2-5,10-15H,6-7H2,1H3. The fraction of sp³-hybridized carbons (Fsp3) is 0.455. The van der Waals surface area contributed by atoms with Crippen molar-refractivity contribution in [1.82, 2.24) is 5.32 Å². The molecule has 84 valence electrons. The monoisotopic (exact) mass is 211 g/mol. The zero-order chi connectivity index (χ0) is 11.3. The molecule has 0 heterocycles. The van der Waals surface area contributed by atoms with Crippen molar-refractivity contribution in [2.75, 3.05) is 13.7 Å². The Labute approximate surface area is 89.2 Å². The summed E-state index contributed by atoms with van der Waals surface area (Å²) in [5.74, 6) is 0. The number of hydrogen-bond acceptors (Lipinski definition) is 4. The molecule has 0 bridgehead atoms. The van der Waals surface area contributed by atoms with Gasteiger partial charge in [-0.2, -0.15) is 0 Å². The van der Waals surface area contributed by atoms with Gasteiger partial charge in [0.2, 0.25) is 0 Å². The highest BCUT2D eigenvalue weighted by Gasteiger charge is 2.16. The van der Waals surface area contributed by atoms with Gasteiger partial charge in [0.05, 0.1) is 6.61 Å². The Bertz CT molecular complexity index is 286. The predicted octanol–water partition coefficient (Wildman–Crippen LogP) is -0.207. The third-order valence-corrected chi connectivity index (χ3v) is 2.25. The maximum Gasteiger partial charge on any atom is 0.107 e. The topological polar surface area (TPSA) is 72.7 Å². The molecule has 0 radical (unpaired) electrons. The first-order chi connectivity index (χ1) is 7.19. The second kappa shape index (κ2) is 5.82. The van der Waals surface area contributed by atoms with Gasteiger partial charge in [0.25, 0.3) is 0 Å². The highest BCUT2D eigenvalue weighted by atomic mass is 16.4. The molecule has 0 saturated carbocycles. The van der Waals surface area contributed by atoms with Crippen molar-refractivity contribution < 1.29 is 15.3 Å². The molecule has 2 atom stereocenters. The summed E-state index contributed by atoms with van der Waals surface area (Å²) in [4.78, 5) is 0. The van der Waals surface area contributed by atoms with E-state index in [4.69, 9.17) is 5.11 Å². The van der Waals surface area contributed by atoms with Crippen molar-refractivity contribution in [2.45, 2.75) is 18.8 Å². The zero-order valence-corrected chi connectivity index (χ0v) is 8.72. The first kappa shape index (κ1) is 12.1. The van der Waals surface area contributed by atoms with E-state index in [1.807, 2.05) is 19.2 Å². The minimum atomic E-state index is -1.12. The predicted molar refractivity (Wildman–Crippen MR) is 57.3 cm³/mol. The van der Waals surface area contributed by atoms with Crippen molar-refractivity contribution in [1.29, 1.82) is 0 Å². The average molecular weight is 211 g/mol. The Morgan fingerprint density at radius 2 is 1.80 bits per heavy atom. The Morgan fingerprint density at radius 1 is 1.20 bits per heavy atom. The zero-order valence-electron chi connectivity index (χ0n) is 8.72. The van der Waals surface area contributed by atoms with Gasteiger partial charge in [0, 0.05) is 6.54 Å². The van der Waals surface area contributed by atoms with Gasteiger partial charge < -0.3 is 20.6 Å². The quantitative estimate of drug-likeness (QED) is 0.544. The van der Waals surface area contributed by atoms with E-state index in [2.05, 4.69) is 5.32 Å². The molecule has 0 aliphatic heterocycles. The Morgan fingerprint density at radius 3 is 2.27 bits per heavy atom. The van der Waals surface area contributed by atoms with Crippen LogP contribution in [-0.2, 0) is 6.54 Å². The lowest BCUT2D eigenvalue weighted by Gasteiger charge is -2.16. The SMILES string of the molecule is CNCc1ccc(C(O)C(O)CO)cc1. The maximum atomic E-state index is 9.58. The van der Waals surface area contributed by atoms with E-state index in [9.17, 15) is 10.2 Å². The van der Waals surface area contributed by atoms with Crippen LogP contribution in [0.3, 0.4) is 0 Å². The third-order valence-electron chi connectivity index (χ3n) is 2.25. The molecule has 0 fully saturated rings. The molecule has 4 N–H and O–H groups in total. The van der Waals surface area contributed by atoms with E-state index in [1.54, 1.807) is 12.1 Å². The fourth-order valence-electron chi connectivity index (χ4n) is 1.36. The molecule has 1 aromatic carbocycles. The van der Waals surface area contributed by atoms with E-state index in [0.29, 0.717) is 5.56 Å². The second-order valence-corrected chi connectivity index (χ2v) is 3.47. The van der Waals surface area contributed by atoms with E-state index in [-0.39, 0.29) is 0 Å². The first-order valence-corrected chi connectivity index (χ1v) is 4.89. The van der Waals surface area contributed by atoms with Crippen LogP contribution in [0.2, 0.25) is 0 Å². The molecular formula is C11H17NO3. The normalized spacial score (nSPS) is 14.9. The van der Waals surface area contributed by atoms with E-state index in [1.165, 1.54) is 0 Å². The molecule has 2 unspecified atom stereocenters. The van der Waals surface area contributed by atoms with Crippen molar-refractivity contribution in [3.63, 3.8) is 0 Å². The Balaban J connectivity index is 2.70. The summed E-state index contributed by atoms with van der Waals surface area (Å²) in [5, 5.41) is 30.5. The molecule has 0 amide bonds. The van der Waals surface area contributed by atoms with Gasteiger partial charge in [0.15, 0.2) is 0 Å². The third kappa shape index (κ3) is 3.28. The molecule has 0 spiro atoms. The lowest BCUT2D eigenvalue weighted by molar-refractivity contribution is -0.0152. The number of aliphatic hydroxyl groups is 3. The van der Waals surface area contributed by atoms with Crippen molar-refractivity contribution in [2.24, 2.45) is 0 Å². The molecule has 0 aliphatic rings. The first-order valence-electron chi connectivity index (χ1n) is 4.89. The maximum absolute atomic E-state index is 9.58. The molecule has 0 aliphatic carbocycles. The minimum absolute atomic E-state index is 0.445. The second-order valence-electron chi connectivity index (χ2n) is 3.47. The van der Waals surface area contributed by atoms with E-state index >= 15 is 0 Å². The van der Waals surface area contributed by atoms with Crippen LogP contribution in [0.4, 0.5) is 0 Å². The number of hydrogen-bond donors (Lipinski definition) is 4. The van der Waals surface area contributed by atoms with Gasteiger partial charge in [-0.25, -0.2) is 0 Å². The van der Waals surface area contributed by atoms with Crippen LogP contribution in [0.15, 0.2) is 24.3 Å².